The molecule has 0 aromatic heterocycles. The largest absolute Gasteiger partial charge is 0.508 e. The lowest BCUT2D eigenvalue weighted by Gasteiger charge is -2.28. The Kier molecular flexibility index (Phi) is 22.5. The summed E-state index contributed by atoms with van der Waals surface area (Å²) in [4.78, 5) is 130. The second-order valence-corrected chi connectivity index (χ2v) is 17.2. The lowest BCUT2D eigenvalue weighted by Crippen LogP contribution is -2.59. The van der Waals surface area contributed by atoms with Crippen LogP contribution in [0, 0.1) is 11.8 Å². The zero-order chi connectivity index (χ0) is 48.3. The number of carbonyl (C=O) groups is 10. The van der Waals surface area contributed by atoms with Crippen molar-refractivity contribution >= 4 is 71.0 Å². The van der Waals surface area contributed by atoms with Gasteiger partial charge in [0.2, 0.25) is 41.4 Å². The van der Waals surface area contributed by atoms with Gasteiger partial charge in [0.25, 0.3) is 0 Å². The highest BCUT2D eigenvalue weighted by atomic mass is 32.2. The number of nitrogens with zero attached hydrogens (tertiary/aromatic N) is 1. The minimum Gasteiger partial charge on any atom is -0.508 e. The molecule has 356 valence electrons. The molecule has 0 unspecified atom stereocenters. The number of amides is 7. The smallest absolute Gasteiger partial charge is 0.326 e. The first kappa shape index (κ1) is 54.2. The fourth-order valence-corrected chi connectivity index (χ4v) is 7.19. The number of carboxylic acids is 3. The van der Waals surface area contributed by atoms with Crippen molar-refractivity contribution in [1.82, 2.24) is 36.8 Å². The summed E-state index contributed by atoms with van der Waals surface area (Å²) < 4.78 is 0. The molecule has 1 aliphatic heterocycles. The number of carbonyl (C=O) groups excluding carboxylic acids is 7. The van der Waals surface area contributed by atoms with Gasteiger partial charge in [-0.25, -0.2) is 4.79 Å². The normalized spacial score (nSPS) is 16.3. The molecule has 0 aliphatic carbocycles. The van der Waals surface area contributed by atoms with Crippen molar-refractivity contribution in [3.05, 3.63) is 29.8 Å². The quantitative estimate of drug-likeness (QED) is 0.0487. The van der Waals surface area contributed by atoms with E-state index in [0.29, 0.717) is 24.2 Å². The van der Waals surface area contributed by atoms with Crippen molar-refractivity contribution in [1.29, 1.82) is 0 Å². The van der Waals surface area contributed by atoms with E-state index < -0.39 is 133 Å². The van der Waals surface area contributed by atoms with E-state index in [4.69, 9.17) is 5.73 Å². The number of phenolic OH excluding ortho intramolecular Hbond substituents is 1. The Hall–Kier alpha value is -5.97. The summed E-state index contributed by atoms with van der Waals surface area (Å²) in [5, 5.41) is 52.5. The van der Waals surface area contributed by atoms with Crippen molar-refractivity contribution in [2.75, 3.05) is 25.1 Å². The second kappa shape index (κ2) is 26.6. The van der Waals surface area contributed by atoms with E-state index >= 15 is 0 Å². The lowest BCUT2D eigenvalue weighted by atomic mass is 9.98. The molecule has 0 saturated carbocycles. The number of nitrogens with one attached hydrogen (secondary N) is 6. The first-order valence-corrected chi connectivity index (χ1v) is 22.2. The number of aromatic hydroxyl groups is 1. The van der Waals surface area contributed by atoms with Crippen molar-refractivity contribution < 1.29 is 68.4 Å². The molecule has 64 heavy (non-hydrogen) atoms. The standard InChI is InChI=1S/C41H62N8O14S/c1-21(2)17-27(37(58)48-34(22(3)4)39(60)47-29(41(62)63)18-23-8-10-24(50)11-9-23)46-36(57)28(19-33(54)55)44-31(51)20-43-35(56)26(12-13-32(52)53)45-38(59)30-7-6-15-49(30)40(61)25(42)14-16-64-5/h8-11,21-22,25-30,34,50H,6-7,12-20,42H2,1-5H3,(H,43,56)(H,44,51)(H,45,59)(H,46,57)(H,47,60)(H,48,58)(H,52,53)(H,54,55)(H,62,63)/t25-,26-,27-,28-,29-,30-,34-/m0/s1. The van der Waals surface area contributed by atoms with Gasteiger partial charge in [0.05, 0.1) is 19.0 Å². The fourth-order valence-electron chi connectivity index (χ4n) is 6.70. The first-order chi connectivity index (χ1) is 30.0. The number of hydrogen-bond donors (Lipinski definition) is 11. The van der Waals surface area contributed by atoms with Gasteiger partial charge in [0.1, 0.15) is 42.0 Å². The molecular weight excluding hydrogens is 861 g/mol. The Labute approximate surface area is 375 Å². The first-order valence-electron chi connectivity index (χ1n) is 20.8. The van der Waals surface area contributed by atoms with Crippen LogP contribution >= 0.6 is 11.8 Å². The van der Waals surface area contributed by atoms with Crippen molar-refractivity contribution in [2.24, 2.45) is 17.6 Å². The molecule has 12 N–H and O–H groups in total. The molecule has 23 heteroatoms. The van der Waals surface area contributed by atoms with Crippen LogP contribution in [0.4, 0.5) is 0 Å². The zero-order valence-electron chi connectivity index (χ0n) is 36.6. The van der Waals surface area contributed by atoms with Crippen LogP contribution in [-0.2, 0) is 54.4 Å². The number of benzene rings is 1. The van der Waals surface area contributed by atoms with Crippen LogP contribution in [0.2, 0.25) is 0 Å². The minimum atomic E-state index is -1.79. The molecule has 22 nitrogen and oxygen atoms in total. The third kappa shape index (κ3) is 18.4. The molecule has 1 aromatic rings. The highest BCUT2D eigenvalue weighted by Gasteiger charge is 2.38. The summed E-state index contributed by atoms with van der Waals surface area (Å²) in [6, 6.07) is -3.50. The Morgan fingerprint density at radius 3 is 1.95 bits per heavy atom. The van der Waals surface area contributed by atoms with Crippen molar-refractivity contribution in [2.45, 2.75) is 121 Å². The van der Waals surface area contributed by atoms with Crippen molar-refractivity contribution in [3.8, 4) is 5.75 Å². The van der Waals surface area contributed by atoms with Gasteiger partial charge in [-0.3, -0.25) is 43.2 Å². The highest BCUT2D eigenvalue weighted by molar-refractivity contribution is 7.98. The van der Waals surface area contributed by atoms with E-state index in [2.05, 4.69) is 31.9 Å². The number of nitrogens with two attached hydrogens (primary N) is 1. The van der Waals surface area contributed by atoms with E-state index in [9.17, 15) is 68.4 Å². The molecule has 7 atom stereocenters. The summed E-state index contributed by atoms with van der Waals surface area (Å²) in [6.07, 6.45) is 0.883. The van der Waals surface area contributed by atoms with Gasteiger partial charge in [-0.1, -0.05) is 39.8 Å². The maximum absolute atomic E-state index is 13.7. The summed E-state index contributed by atoms with van der Waals surface area (Å²) in [5.74, 6) is -10.5. The number of rotatable bonds is 27. The Bertz CT molecular complexity index is 1830. The van der Waals surface area contributed by atoms with Crippen LogP contribution in [0.1, 0.15) is 78.2 Å². The Morgan fingerprint density at radius 1 is 0.766 bits per heavy atom. The second-order valence-electron chi connectivity index (χ2n) is 16.2. The predicted octanol–water partition coefficient (Wildman–Crippen LogP) is -1.33. The molecule has 2 rings (SSSR count). The fraction of sp³-hybridized carbons (Fsp3) is 0.610. The molecule has 0 radical (unpaired) electrons. The number of phenols is 1. The van der Waals surface area contributed by atoms with Gasteiger partial charge in [-0.05, 0) is 73.6 Å². The molecule has 1 saturated heterocycles. The van der Waals surface area contributed by atoms with Gasteiger partial charge >= 0.3 is 17.9 Å². The summed E-state index contributed by atoms with van der Waals surface area (Å²) in [6.45, 7) is 6.01. The average molecular weight is 923 g/mol. The van der Waals surface area contributed by atoms with Crippen molar-refractivity contribution in [3.63, 3.8) is 0 Å². The van der Waals surface area contributed by atoms with Gasteiger partial charge < -0.3 is 63.0 Å². The van der Waals surface area contributed by atoms with Crippen LogP contribution in [0.3, 0.4) is 0 Å². The molecular formula is C41H62N8O14S. The average Bonchev–Trinajstić information content (AvgIpc) is 3.72. The molecule has 1 fully saturated rings. The number of carboxylic acid groups (broad SMARTS) is 3. The van der Waals surface area contributed by atoms with E-state index in [0.717, 1.165) is 0 Å². The van der Waals surface area contributed by atoms with Crippen LogP contribution in [0.5, 0.6) is 5.75 Å². The SMILES string of the molecule is CSCC[C@H](N)C(=O)N1CCC[C@H]1C(=O)N[C@@H](CCC(=O)O)C(=O)NCC(=O)N[C@@H](CC(=O)O)C(=O)N[C@@H](CC(C)C)C(=O)N[C@H](C(=O)N[C@@H](Cc1ccc(O)cc1)C(=O)O)C(C)C. The summed E-state index contributed by atoms with van der Waals surface area (Å²) in [7, 11) is 0. The van der Waals surface area contributed by atoms with Gasteiger partial charge in [0, 0.05) is 19.4 Å². The van der Waals surface area contributed by atoms with Crippen LogP contribution in [0.25, 0.3) is 0 Å². The summed E-state index contributed by atoms with van der Waals surface area (Å²) >= 11 is 1.50. The molecule has 0 bridgehead atoms. The molecule has 7 amide bonds. The molecule has 0 spiro atoms. The lowest BCUT2D eigenvalue weighted by molar-refractivity contribution is -0.142. The number of hydrogen-bond acceptors (Lipinski definition) is 13. The van der Waals surface area contributed by atoms with Crippen LogP contribution < -0.4 is 37.6 Å². The summed E-state index contributed by atoms with van der Waals surface area (Å²) in [5.41, 5.74) is 6.54. The van der Waals surface area contributed by atoms with E-state index in [-0.39, 0.29) is 37.5 Å². The maximum Gasteiger partial charge on any atom is 0.326 e. The molecule has 1 aromatic carbocycles. The van der Waals surface area contributed by atoms with E-state index in [1.807, 2.05) is 6.26 Å². The third-order valence-corrected chi connectivity index (χ3v) is 10.7. The maximum atomic E-state index is 13.7. The van der Waals surface area contributed by atoms with E-state index in [1.165, 1.54) is 40.9 Å². The third-order valence-electron chi connectivity index (χ3n) is 10.1. The highest BCUT2D eigenvalue weighted by Crippen LogP contribution is 2.20. The topological polar surface area (TPSA) is 353 Å². The Morgan fingerprint density at radius 2 is 1.39 bits per heavy atom. The monoisotopic (exact) mass is 922 g/mol. The minimum absolute atomic E-state index is 0.0204. The zero-order valence-corrected chi connectivity index (χ0v) is 37.4. The van der Waals surface area contributed by atoms with Crippen LogP contribution in [0.15, 0.2) is 24.3 Å². The van der Waals surface area contributed by atoms with Crippen LogP contribution in [-0.4, -0.2) is 152 Å². The number of likely N-dealkylation sites (tertiary alicyclic amines) is 1. The van der Waals surface area contributed by atoms with E-state index in [1.54, 1.807) is 27.7 Å². The number of thioether (sulfide) groups is 1. The van der Waals surface area contributed by atoms with Gasteiger partial charge in [-0.2, -0.15) is 11.8 Å². The Balaban J connectivity index is 2.16. The van der Waals surface area contributed by atoms with Gasteiger partial charge in [0.15, 0.2) is 0 Å². The molecule has 1 aliphatic rings. The molecule has 1 heterocycles. The van der Waals surface area contributed by atoms with Gasteiger partial charge in [-0.15, -0.1) is 0 Å². The number of aliphatic carboxylic acids is 3. The predicted molar refractivity (Wildman–Crippen MR) is 231 cm³/mol.